The van der Waals surface area contributed by atoms with E-state index >= 15 is 0 Å². The molecule has 0 aliphatic rings. The SMILES string of the molecule is Cc1cc(NN)c(C(=O)NC(C)c2cc(C)sc2C)cn1. The number of nitrogens with zero attached hydrogens (tertiary/aromatic N) is 1. The van der Waals surface area contributed by atoms with Gasteiger partial charge in [0.05, 0.1) is 17.3 Å². The Labute approximate surface area is 128 Å². The molecule has 0 saturated carbocycles. The van der Waals surface area contributed by atoms with Crippen LogP contribution in [0.3, 0.4) is 0 Å². The van der Waals surface area contributed by atoms with Crippen molar-refractivity contribution in [3.63, 3.8) is 0 Å². The molecule has 0 radical (unpaired) electrons. The first-order chi connectivity index (χ1) is 9.92. The van der Waals surface area contributed by atoms with E-state index in [0.29, 0.717) is 11.3 Å². The predicted molar refractivity (Wildman–Crippen MR) is 86.5 cm³/mol. The van der Waals surface area contributed by atoms with Crippen LogP contribution in [0.4, 0.5) is 5.69 Å². The Morgan fingerprint density at radius 2 is 2.05 bits per heavy atom. The summed E-state index contributed by atoms with van der Waals surface area (Å²) in [6.45, 7) is 7.96. The number of aromatic nitrogens is 1. The highest BCUT2D eigenvalue weighted by Crippen LogP contribution is 2.26. The summed E-state index contributed by atoms with van der Waals surface area (Å²) >= 11 is 1.73. The van der Waals surface area contributed by atoms with Gasteiger partial charge in [-0.25, -0.2) is 0 Å². The zero-order valence-corrected chi connectivity index (χ0v) is 13.5. The van der Waals surface area contributed by atoms with Gasteiger partial charge in [-0.2, -0.15) is 0 Å². The van der Waals surface area contributed by atoms with Crippen LogP contribution in [0.25, 0.3) is 0 Å². The molecule has 0 aromatic carbocycles. The van der Waals surface area contributed by atoms with Crippen LogP contribution >= 0.6 is 11.3 Å². The molecule has 1 amide bonds. The van der Waals surface area contributed by atoms with Crippen molar-refractivity contribution < 1.29 is 4.79 Å². The van der Waals surface area contributed by atoms with E-state index in [2.05, 4.69) is 35.6 Å². The Morgan fingerprint density at radius 3 is 2.62 bits per heavy atom. The maximum absolute atomic E-state index is 12.4. The molecule has 5 nitrogen and oxygen atoms in total. The number of aryl methyl sites for hydroxylation is 3. The van der Waals surface area contributed by atoms with Gasteiger partial charge >= 0.3 is 0 Å². The first-order valence-electron chi connectivity index (χ1n) is 6.73. The summed E-state index contributed by atoms with van der Waals surface area (Å²) in [5.41, 5.74) is 5.51. The monoisotopic (exact) mass is 304 g/mol. The molecule has 0 fully saturated rings. The van der Waals surface area contributed by atoms with E-state index in [4.69, 9.17) is 5.84 Å². The second-order valence-corrected chi connectivity index (χ2v) is 6.54. The second-order valence-electron chi connectivity index (χ2n) is 5.08. The van der Waals surface area contributed by atoms with Crippen LogP contribution in [-0.2, 0) is 0 Å². The number of hydrogen-bond acceptors (Lipinski definition) is 5. The molecule has 4 N–H and O–H groups in total. The second kappa shape index (κ2) is 6.24. The van der Waals surface area contributed by atoms with Crippen LogP contribution in [0.2, 0.25) is 0 Å². The normalized spacial score (nSPS) is 12.0. The van der Waals surface area contributed by atoms with Crippen LogP contribution < -0.4 is 16.6 Å². The molecular formula is C15H20N4OS. The van der Waals surface area contributed by atoms with E-state index in [1.165, 1.54) is 16.0 Å². The summed E-state index contributed by atoms with van der Waals surface area (Å²) in [4.78, 5) is 19.0. The smallest absolute Gasteiger partial charge is 0.255 e. The minimum atomic E-state index is -0.189. The predicted octanol–water partition coefficient (Wildman–Crippen LogP) is 2.84. The first-order valence-corrected chi connectivity index (χ1v) is 7.55. The van der Waals surface area contributed by atoms with Crippen molar-refractivity contribution in [1.29, 1.82) is 0 Å². The van der Waals surface area contributed by atoms with Crippen molar-refractivity contribution in [3.8, 4) is 0 Å². The molecule has 0 spiro atoms. The van der Waals surface area contributed by atoms with Crippen molar-refractivity contribution in [1.82, 2.24) is 10.3 Å². The van der Waals surface area contributed by atoms with E-state index < -0.39 is 0 Å². The van der Waals surface area contributed by atoms with Gasteiger partial charge in [-0.1, -0.05) is 0 Å². The highest BCUT2D eigenvalue weighted by molar-refractivity contribution is 7.12. The van der Waals surface area contributed by atoms with E-state index in [-0.39, 0.29) is 11.9 Å². The van der Waals surface area contributed by atoms with Crippen molar-refractivity contribution in [3.05, 3.63) is 44.9 Å². The minimum absolute atomic E-state index is 0.0608. The average molecular weight is 304 g/mol. The third-order valence-corrected chi connectivity index (χ3v) is 4.32. The number of carbonyl (C=O) groups is 1. The third kappa shape index (κ3) is 3.40. The number of nitrogens with one attached hydrogen (secondary N) is 2. The number of hydrogen-bond donors (Lipinski definition) is 3. The first kappa shape index (κ1) is 15.5. The summed E-state index contributed by atoms with van der Waals surface area (Å²) in [5, 5.41) is 2.99. The molecule has 2 aromatic heterocycles. The Balaban J connectivity index is 2.20. The summed E-state index contributed by atoms with van der Waals surface area (Å²) in [6.07, 6.45) is 1.54. The number of nitrogen functional groups attached to an aromatic ring is 1. The zero-order valence-electron chi connectivity index (χ0n) is 12.7. The lowest BCUT2D eigenvalue weighted by Gasteiger charge is -2.15. The number of nitrogens with two attached hydrogens (primary N) is 1. The summed E-state index contributed by atoms with van der Waals surface area (Å²) in [6, 6.07) is 3.80. The molecule has 0 saturated heterocycles. The van der Waals surface area contributed by atoms with Gasteiger partial charge in [0.1, 0.15) is 0 Å². The standard InChI is InChI=1S/C15H20N4OS/c1-8-5-14(19-16)13(7-17-8)15(20)18-10(3)12-6-9(2)21-11(12)4/h5-7,10H,16H2,1-4H3,(H,17,19)(H,18,20). The lowest BCUT2D eigenvalue weighted by Crippen LogP contribution is -2.28. The molecule has 6 heteroatoms. The fourth-order valence-electron chi connectivity index (χ4n) is 2.29. The van der Waals surface area contributed by atoms with Gasteiger partial charge in [-0.05, 0) is 45.4 Å². The van der Waals surface area contributed by atoms with E-state index in [0.717, 1.165) is 11.3 Å². The fraction of sp³-hybridized carbons (Fsp3) is 0.333. The van der Waals surface area contributed by atoms with Gasteiger partial charge in [0, 0.05) is 21.6 Å². The molecule has 1 atom stereocenters. The lowest BCUT2D eigenvalue weighted by atomic mass is 10.1. The maximum Gasteiger partial charge on any atom is 0.255 e. The number of pyridine rings is 1. The number of hydrazine groups is 1. The highest BCUT2D eigenvalue weighted by Gasteiger charge is 2.17. The summed E-state index contributed by atoms with van der Waals surface area (Å²) < 4.78 is 0. The van der Waals surface area contributed by atoms with Crippen molar-refractivity contribution in [2.45, 2.75) is 33.7 Å². The Morgan fingerprint density at radius 1 is 1.33 bits per heavy atom. The van der Waals surface area contributed by atoms with Gasteiger partial charge in [0.15, 0.2) is 0 Å². The van der Waals surface area contributed by atoms with Gasteiger partial charge in [-0.3, -0.25) is 15.6 Å². The Kier molecular flexibility index (Phi) is 4.59. The number of carbonyl (C=O) groups excluding carboxylic acids is 1. The molecule has 112 valence electrons. The average Bonchev–Trinajstić information content (AvgIpc) is 2.77. The lowest BCUT2D eigenvalue weighted by molar-refractivity contribution is 0.0940. The zero-order chi connectivity index (χ0) is 15.6. The van der Waals surface area contributed by atoms with Gasteiger partial charge < -0.3 is 10.7 Å². The van der Waals surface area contributed by atoms with Crippen molar-refractivity contribution >= 4 is 22.9 Å². The number of amides is 1. The quantitative estimate of drug-likeness (QED) is 0.599. The molecule has 1 unspecified atom stereocenters. The Hall–Kier alpha value is -1.92. The Bertz CT molecular complexity index is 666. The molecule has 0 bridgehead atoms. The minimum Gasteiger partial charge on any atom is -0.345 e. The largest absolute Gasteiger partial charge is 0.345 e. The highest BCUT2D eigenvalue weighted by atomic mass is 32.1. The molecule has 2 heterocycles. The van der Waals surface area contributed by atoms with E-state index in [9.17, 15) is 4.79 Å². The molecule has 21 heavy (non-hydrogen) atoms. The molecular weight excluding hydrogens is 284 g/mol. The fourth-order valence-corrected chi connectivity index (χ4v) is 3.32. The molecule has 2 aromatic rings. The molecule has 0 aliphatic heterocycles. The number of anilines is 1. The topological polar surface area (TPSA) is 80.0 Å². The van der Waals surface area contributed by atoms with Crippen molar-refractivity contribution in [2.24, 2.45) is 5.84 Å². The molecule has 2 rings (SSSR count). The van der Waals surface area contributed by atoms with Crippen LogP contribution in [0, 0.1) is 20.8 Å². The summed E-state index contributed by atoms with van der Waals surface area (Å²) in [5.74, 6) is 5.28. The number of thiophene rings is 1. The van der Waals surface area contributed by atoms with Crippen LogP contribution in [-0.4, -0.2) is 10.9 Å². The van der Waals surface area contributed by atoms with Crippen LogP contribution in [0.5, 0.6) is 0 Å². The van der Waals surface area contributed by atoms with Gasteiger partial charge in [0.25, 0.3) is 5.91 Å². The van der Waals surface area contributed by atoms with Crippen LogP contribution in [0.15, 0.2) is 18.3 Å². The number of rotatable bonds is 4. The van der Waals surface area contributed by atoms with Gasteiger partial charge in [0.2, 0.25) is 0 Å². The molecule has 0 aliphatic carbocycles. The maximum atomic E-state index is 12.4. The van der Waals surface area contributed by atoms with Crippen molar-refractivity contribution in [2.75, 3.05) is 5.43 Å². The van der Waals surface area contributed by atoms with E-state index in [1.807, 2.05) is 13.8 Å². The summed E-state index contributed by atoms with van der Waals surface area (Å²) in [7, 11) is 0. The van der Waals surface area contributed by atoms with Gasteiger partial charge in [-0.15, -0.1) is 11.3 Å². The third-order valence-electron chi connectivity index (χ3n) is 3.33. The van der Waals surface area contributed by atoms with Crippen LogP contribution in [0.1, 0.15) is 44.3 Å². The van der Waals surface area contributed by atoms with E-state index in [1.54, 1.807) is 17.4 Å².